The highest BCUT2D eigenvalue weighted by molar-refractivity contribution is 5.29. The molecular formula is C14H17N3O2. The van der Waals surface area contributed by atoms with Gasteiger partial charge in [-0.1, -0.05) is 18.2 Å². The predicted octanol–water partition coefficient (Wildman–Crippen LogP) is 1.46. The summed E-state index contributed by atoms with van der Waals surface area (Å²) in [7, 11) is 0. The predicted molar refractivity (Wildman–Crippen MR) is 71.4 cm³/mol. The highest BCUT2D eigenvalue weighted by Crippen LogP contribution is 2.16. The average Bonchev–Trinajstić information content (AvgIpc) is 2.82. The maximum atomic E-state index is 12.3. The molecule has 2 heterocycles. The molecule has 1 fully saturated rings. The molecule has 0 N–H and O–H groups in total. The third kappa shape index (κ3) is 2.61. The summed E-state index contributed by atoms with van der Waals surface area (Å²) >= 11 is 0. The van der Waals surface area contributed by atoms with Gasteiger partial charge in [-0.2, -0.15) is 9.78 Å². The lowest BCUT2D eigenvalue weighted by Crippen LogP contribution is -2.28. The molecule has 1 saturated heterocycles. The minimum absolute atomic E-state index is 0.0716. The van der Waals surface area contributed by atoms with E-state index in [4.69, 9.17) is 4.74 Å². The second kappa shape index (κ2) is 5.40. The van der Waals surface area contributed by atoms with Crippen molar-refractivity contribution in [2.24, 2.45) is 5.92 Å². The molecule has 5 nitrogen and oxygen atoms in total. The van der Waals surface area contributed by atoms with Gasteiger partial charge in [0.2, 0.25) is 0 Å². The normalized spacial score (nSPS) is 16.6. The largest absolute Gasteiger partial charge is 0.381 e. The van der Waals surface area contributed by atoms with Crippen LogP contribution in [0.1, 0.15) is 12.8 Å². The minimum Gasteiger partial charge on any atom is -0.381 e. The van der Waals surface area contributed by atoms with Gasteiger partial charge in [-0.05, 0) is 30.9 Å². The molecule has 1 aromatic carbocycles. The van der Waals surface area contributed by atoms with Gasteiger partial charge < -0.3 is 4.74 Å². The van der Waals surface area contributed by atoms with Crippen LogP contribution in [0, 0.1) is 5.92 Å². The average molecular weight is 259 g/mol. The first kappa shape index (κ1) is 12.2. The van der Waals surface area contributed by atoms with E-state index >= 15 is 0 Å². The fraction of sp³-hybridized carbons (Fsp3) is 0.429. The number of para-hydroxylation sites is 1. The number of nitrogens with zero attached hydrogens (tertiary/aromatic N) is 3. The molecule has 2 aromatic rings. The van der Waals surface area contributed by atoms with E-state index in [1.54, 1.807) is 10.9 Å². The number of benzene rings is 1. The molecule has 0 atom stereocenters. The molecule has 0 bridgehead atoms. The fourth-order valence-electron chi connectivity index (χ4n) is 2.41. The van der Waals surface area contributed by atoms with Crippen LogP contribution in [0.2, 0.25) is 0 Å². The van der Waals surface area contributed by atoms with Crippen molar-refractivity contribution >= 4 is 0 Å². The van der Waals surface area contributed by atoms with Gasteiger partial charge in [-0.25, -0.2) is 4.79 Å². The monoisotopic (exact) mass is 259 g/mol. The summed E-state index contributed by atoms with van der Waals surface area (Å²) < 4.78 is 8.48. The van der Waals surface area contributed by atoms with Crippen molar-refractivity contribution in [3.05, 3.63) is 47.1 Å². The van der Waals surface area contributed by atoms with Crippen LogP contribution in [0.4, 0.5) is 0 Å². The van der Waals surface area contributed by atoms with Crippen molar-refractivity contribution in [2.75, 3.05) is 13.2 Å². The van der Waals surface area contributed by atoms with Crippen molar-refractivity contribution in [1.29, 1.82) is 0 Å². The Labute approximate surface area is 111 Å². The van der Waals surface area contributed by atoms with Crippen molar-refractivity contribution in [3.8, 4) is 5.69 Å². The number of aromatic nitrogens is 3. The van der Waals surface area contributed by atoms with Gasteiger partial charge in [-0.15, -0.1) is 0 Å². The lowest BCUT2D eigenvalue weighted by Gasteiger charge is -2.21. The number of rotatable bonds is 3. The van der Waals surface area contributed by atoms with Gasteiger partial charge in [-0.3, -0.25) is 4.57 Å². The van der Waals surface area contributed by atoms with E-state index in [0.29, 0.717) is 5.92 Å². The molecule has 0 radical (unpaired) electrons. The molecule has 0 amide bonds. The zero-order valence-corrected chi connectivity index (χ0v) is 10.7. The Morgan fingerprint density at radius 2 is 1.95 bits per heavy atom. The summed E-state index contributed by atoms with van der Waals surface area (Å²) in [5.41, 5.74) is 0.732. The van der Waals surface area contributed by atoms with E-state index in [1.807, 2.05) is 30.3 Å². The molecule has 0 unspecified atom stereocenters. The summed E-state index contributed by atoms with van der Waals surface area (Å²) in [4.78, 5) is 12.3. The molecule has 1 aliphatic heterocycles. The lowest BCUT2D eigenvalue weighted by molar-refractivity contribution is 0.0609. The minimum atomic E-state index is -0.0716. The van der Waals surface area contributed by atoms with Crippen LogP contribution in [0.25, 0.3) is 5.69 Å². The Balaban J connectivity index is 1.81. The van der Waals surface area contributed by atoms with E-state index in [9.17, 15) is 4.79 Å². The molecular weight excluding hydrogens is 242 g/mol. The summed E-state index contributed by atoms with van der Waals surface area (Å²) in [5, 5.41) is 4.19. The molecule has 3 rings (SSSR count). The molecule has 0 spiro atoms. The fourth-order valence-corrected chi connectivity index (χ4v) is 2.41. The Morgan fingerprint density at radius 3 is 2.68 bits per heavy atom. The zero-order valence-electron chi connectivity index (χ0n) is 10.7. The Hall–Kier alpha value is -1.88. The van der Waals surface area contributed by atoms with Gasteiger partial charge in [0.15, 0.2) is 0 Å². The van der Waals surface area contributed by atoms with Crippen LogP contribution in [0.5, 0.6) is 0 Å². The third-order valence-corrected chi connectivity index (χ3v) is 3.53. The third-order valence-electron chi connectivity index (χ3n) is 3.53. The molecule has 5 heteroatoms. The van der Waals surface area contributed by atoms with E-state index in [0.717, 1.165) is 38.3 Å². The first-order chi connectivity index (χ1) is 9.34. The molecule has 0 aliphatic carbocycles. The first-order valence-electron chi connectivity index (χ1n) is 6.62. The van der Waals surface area contributed by atoms with Crippen LogP contribution in [-0.2, 0) is 11.3 Å². The van der Waals surface area contributed by atoms with Gasteiger partial charge >= 0.3 is 5.69 Å². The van der Waals surface area contributed by atoms with Crippen LogP contribution in [-0.4, -0.2) is 27.6 Å². The van der Waals surface area contributed by atoms with Crippen LogP contribution >= 0.6 is 0 Å². The van der Waals surface area contributed by atoms with E-state index in [-0.39, 0.29) is 5.69 Å². The van der Waals surface area contributed by atoms with Crippen molar-refractivity contribution < 1.29 is 4.74 Å². The van der Waals surface area contributed by atoms with Crippen LogP contribution < -0.4 is 5.69 Å². The highest BCUT2D eigenvalue weighted by atomic mass is 16.5. The molecule has 0 saturated carbocycles. The smallest absolute Gasteiger partial charge is 0.350 e. The molecule has 1 aliphatic rings. The van der Waals surface area contributed by atoms with Gasteiger partial charge in [0.05, 0.1) is 5.69 Å². The maximum absolute atomic E-state index is 12.3. The summed E-state index contributed by atoms with van der Waals surface area (Å²) in [6.07, 6.45) is 3.66. The molecule has 19 heavy (non-hydrogen) atoms. The number of ether oxygens (including phenoxy) is 1. The highest BCUT2D eigenvalue weighted by Gasteiger charge is 2.16. The Kier molecular flexibility index (Phi) is 3.46. The molecule has 100 valence electrons. The maximum Gasteiger partial charge on any atom is 0.350 e. The van der Waals surface area contributed by atoms with E-state index in [1.165, 1.54) is 4.68 Å². The van der Waals surface area contributed by atoms with E-state index in [2.05, 4.69) is 5.10 Å². The molecule has 1 aromatic heterocycles. The lowest BCUT2D eigenvalue weighted by atomic mass is 10.0. The van der Waals surface area contributed by atoms with Crippen molar-refractivity contribution in [2.45, 2.75) is 19.4 Å². The Bertz CT molecular complexity index is 582. The number of hydrogen-bond acceptors (Lipinski definition) is 3. The second-order valence-corrected chi connectivity index (χ2v) is 4.87. The summed E-state index contributed by atoms with van der Waals surface area (Å²) in [6, 6.07) is 9.49. The van der Waals surface area contributed by atoms with Crippen LogP contribution in [0.3, 0.4) is 0 Å². The standard InChI is InChI=1S/C14H17N3O2/c18-14-16(10-12-6-8-19-9-7-12)11-15-17(14)13-4-2-1-3-5-13/h1-5,11-12H,6-10H2. The summed E-state index contributed by atoms with van der Waals surface area (Å²) in [6.45, 7) is 2.33. The van der Waals surface area contributed by atoms with Crippen molar-refractivity contribution in [3.63, 3.8) is 0 Å². The second-order valence-electron chi connectivity index (χ2n) is 4.87. The van der Waals surface area contributed by atoms with E-state index < -0.39 is 0 Å². The number of hydrogen-bond donors (Lipinski definition) is 0. The first-order valence-corrected chi connectivity index (χ1v) is 6.62. The quantitative estimate of drug-likeness (QED) is 0.838. The van der Waals surface area contributed by atoms with Gasteiger partial charge in [0, 0.05) is 19.8 Å². The van der Waals surface area contributed by atoms with Crippen LogP contribution in [0.15, 0.2) is 41.5 Å². The van der Waals surface area contributed by atoms with Gasteiger partial charge in [0.25, 0.3) is 0 Å². The Morgan fingerprint density at radius 1 is 1.21 bits per heavy atom. The topological polar surface area (TPSA) is 49.1 Å². The van der Waals surface area contributed by atoms with Gasteiger partial charge in [0.1, 0.15) is 6.33 Å². The SMILES string of the molecule is O=c1n(CC2CCOCC2)cnn1-c1ccccc1. The zero-order chi connectivity index (χ0) is 13.1. The van der Waals surface area contributed by atoms with Crippen molar-refractivity contribution in [1.82, 2.24) is 14.3 Å². The summed E-state index contributed by atoms with van der Waals surface area (Å²) in [5.74, 6) is 0.514.